The molecule has 1 fully saturated rings. The van der Waals surface area contributed by atoms with E-state index < -0.39 is 0 Å². The summed E-state index contributed by atoms with van der Waals surface area (Å²) in [5.41, 5.74) is 2.27. The van der Waals surface area contributed by atoms with Gasteiger partial charge in [-0.2, -0.15) is 5.26 Å². The van der Waals surface area contributed by atoms with E-state index >= 15 is 0 Å². The minimum atomic E-state index is -0.285. The first kappa shape index (κ1) is 19.8. The van der Waals surface area contributed by atoms with Crippen molar-refractivity contribution in [1.82, 2.24) is 9.88 Å². The molecule has 0 bridgehead atoms. The molecule has 0 radical (unpaired) electrons. The first-order chi connectivity index (χ1) is 13.4. The molecular formula is C22H25FN4O. The third kappa shape index (κ3) is 4.30. The predicted molar refractivity (Wildman–Crippen MR) is 106 cm³/mol. The fourth-order valence-corrected chi connectivity index (χ4v) is 3.60. The van der Waals surface area contributed by atoms with Crippen molar-refractivity contribution in [1.29, 1.82) is 5.26 Å². The monoisotopic (exact) mass is 380 g/mol. The zero-order valence-electron chi connectivity index (χ0n) is 16.5. The number of hydrogen-bond acceptors (Lipinski definition) is 4. The van der Waals surface area contributed by atoms with Crippen LogP contribution in [0.5, 0.6) is 0 Å². The SMILES string of the molecule is Cc1ccc(C#N)c(N2CCC(=O)N(Cc3ccc(F)cc3)C(C(C)C)C2)n1. The van der Waals surface area contributed by atoms with E-state index in [-0.39, 0.29) is 23.7 Å². The Balaban J connectivity index is 1.91. The zero-order valence-corrected chi connectivity index (χ0v) is 16.5. The van der Waals surface area contributed by atoms with E-state index in [1.54, 1.807) is 18.2 Å². The Hall–Kier alpha value is -2.94. The lowest BCUT2D eigenvalue weighted by Gasteiger charge is -2.35. The molecule has 0 N–H and O–H groups in total. The van der Waals surface area contributed by atoms with Crippen molar-refractivity contribution in [3.63, 3.8) is 0 Å². The number of carbonyl (C=O) groups is 1. The first-order valence-corrected chi connectivity index (χ1v) is 9.55. The van der Waals surface area contributed by atoms with Crippen molar-refractivity contribution in [3.8, 4) is 6.07 Å². The molecule has 3 rings (SSSR count). The van der Waals surface area contributed by atoms with Crippen molar-refractivity contribution in [2.24, 2.45) is 5.92 Å². The molecule has 1 aromatic heterocycles. The van der Waals surface area contributed by atoms with E-state index in [0.717, 1.165) is 11.3 Å². The van der Waals surface area contributed by atoms with E-state index in [1.165, 1.54) is 12.1 Å². The Bertz CT molecular complexity index is 888. The zero-order chi connectivity index (χ0) is 20.3. The average molecular weight is 380 g/mol. The van der Waals surface area contributed by atoms with E-state index in [2.05, 4.69) is 29.8 Å². The summed E-state index contributed by atoms with van der Waals surface area (Å²) in [5, 5.41) is 9.48. The van der Waals surface area contributed by atoms with E-state index in [4.69, 9.17) is 0 Å². The Kier molecular flexibility index (Phi) is 5.93. The molecule has 2 aromatic rings. The second-order valence-electron chi connectivity index (χ2n) is 7.59. The molecule has 1 unspecified atom stereocenters. The van der Waals surface area contributed by atoms with Crippen LogP contribution in [0, 0.1) is 30.0 Å². The molecule has 0 aliphatic carbocycles. The molecule has 6 heteroatoms. The van der Waals surface area contributed by atoms with Gasteiger partial charge in [0.05, 0.1) is 11.6 Å². The molecule has 1 saturated heterocycles. The molecule has 146 valence electrons. The van der Waals surface area contributed by atoms with Crippen LogP contribution in [0.25, 0.3) is 0 Å². The Morgan fingerprint density at radius 3 is 2.61 bits per heavy atom. The topological polar surface area (TPSA) is 60.2 Å². The summed E-state index contributed by atoms with van der Waals surface area (Å²) in [4.78, 5) is 21.5. The Morgan fingerprint density at radius 2 is 1.96 bits per heavy atom. The molecule has 5 nitrogen and oxygen atoms in total. The fraction of sp³-hybridized carbons (Fsp3) is 0.409. The summed E-state index contributed by atoms with van der Waals surface area (Å²) in [6.45, 7) is 7.65. The van der Waals surface area contributed by atoms with Crippen molar-refractivity contribution in [2.45, 2.75) is 39.8 Å². The number of carbonyl (C=O) groups excluding carboxylic acids is 1. The van der Waals surface area contributed by atoms with Gasteiger partial charge in [0.2, 0.25) is 5.91 Å². The van der Waals surface area contributed by atoms with Gasteiger partial charge in [0.25, 0.3) is 0 Å². The van der Waals surface area contributed by atoms with Gasteiger partial charge in [-0.05, 0) is 42.7 Å². The first-order valence-electron chi connectivity index (χ1n) is 9.55. The molecule has 1 atom stereocenters. The number of rotatable bonds is 4. The van der Waals surface area contributed by atoms with Gasteiger partial charge in [-0.25, -0.2) is 9.37 Å². The summed E-state index contributed by atoms with van der Waals surface area (Å²) in [6.07, 6.45) is 0.352. The van der Waals surface area contributed by atoms with Crippen LogP contribution in [0.4, 0.5) is 10.2 Å². The number of nitriles is 1. The van der Waals surface area contributed by atoms with Gasteiger partial charge >= 0.3 is 0 Å². The van der Waals surface area contributed by atoms with Gasteiger partial charge in [0.15, 0.2) is 0 Å². The van der Waals surface area contributed by atoms with Crippen molar-refractivity contribution >= 4 is 11.7 Å². The lowest BCUT2D eigenvalue weighted by molar-refractivity contribution is -0.134. The number of benzene rings is 1. The minimum Gasteiger partial charge on any atom is -0.353 e. The number of aryl methyl sites for hydroxylation is 1. The number of halogens is 1. The highest BCUT2D eigenvalue weighted by molar-refractivity contribution is 5.78. The van der Waals surface area contributed by atoms with Gasteiger partial charge in [0.1, 0.15) is 17.7 Å². The van der Waals surface area contributed by atoms with Gasteiger partial charge < -0.3 is 9.80 Å². The van der Waals surface area contributed by atoms with Crippen LogP contribution in [0.2, 0.25) is 0 Å². The summed E-state index contributed by atoms with van der Waals surface area (Å²) in [6, 6.07) is 12.1. The smallest absolute Gasteiger partial charge is 0.224 e. The number of nitrogens with zero attached hydrogens (tertiary/aromatic N) is 4. The molecule has 0 saturated carbocycles. The molecule has 1 aliphatic rings. The highest BCUT2D eigenvalue weighted by Gasteiger charge is 2.33. The molecule has 1 aromatic carbocycles. The Morgan fingerprint density at radius 1 is 1.25 bits per heavy atom. The van der Waals surface area contributed by atoms with Gasteiger partial charge in [-0.3, -0.25) is 4.79 Å². The summed E-state index contributed by atoms with van der Waals surface area (Å²) in [7, 11) is 0. The van der Waals surface area contributed by atoms with Crippen molar-refractivity contribution < 1.29 is 9.18 Å². The lowest BCUT2D eigenvalue weighted by atomic mass is 10.0. The average Bonchev–Trinajstić information content (AvgIpc) is 2.83. The Labute approximate surface area is 165 Å². The van der Waals surface area contributed by atoms with Crippen LogP contribution in [-0.2, 0) is 11.3 Å². The van der Waals surface area contributed by atoms with E-state index in [9.17, 15) is 14.4 Å². The maximum Gasteiger partial charge on any atom is 0.224 e. The quantitative estimate of drug-likeness (QED) is 0.812. The molecule has 2 heterocycles. The molecular weight excluding hydrogens is 355 g/mol. The third-order valence-electron chi connectivity index (χ3n) is 5.19. The maximum absolute atomic E-state index is 13.2. The largest absolute Gasteiger partial charge is 0.353 e. The number of anilines is 1. The van der Waals surface area contributed by atoms with Crippen LogP contribution in [0.15, 0.2) is 36.4 Å². The molecule has 28 heavy (non-hydrogen) atoms. The number of aromatic nitrogens is 1. The second kappa shape index (κ2) is 8.39. The molecule has 1 aliphatic heterocycles. The summed E-state index contributed by atoms with van der Waals surface area (Å²) < 4.78 is 13.2. The van der Waals surface area contributed by atoms with E-state index in [0.29, 0.717) is 37.4 Å². The standard InChI is InChI=1S/C22H25FN4O/c1-15(2)20-14-26(22-18(12-24)7-4-16(3)25-22)11-10-21(28)27(20)13-17-5-8-19(23)9-6-17/h4-9,15,20H,10-11,13-14H2,1-3H3. The third-order valence-corrected chi connectivity index (χ3v) is 5.19. The van der Waals surface area contributed by atoms with Crippen LogP contribution in [0.1, 0.15) is 37.1 Å². The number of amides is 1. The summed E-state index contributed by atoms with van der Waals surface area (Å²) >= 11 is 0. The van der Waals surface area contributed by atoms with Gasteiger partial charge in [0, 0.05) is 31.7 Å². The fourth-order valence-electron chi connectivity index (χ4n) is 3.60. The van der Waals surface area contributed by atoms with Crippen molar-refractivity contribution in [2.75, 3.05) is 18.0 Å². The lowest BCUT2D eigenvalue weighted by Crippen LogP contribution is -2.46. The van der Waals surface area contributed by atoms with Crippen LogP contribution in [-0.4, -0.2) is 34.9 Å². The van der Waals surface area contributed by atoms with Crippen LogP contribution < -0.4 is 4.90 Å². The van der Waals surface area contributed by atoms with Crippen LogP contribution in [0.3, 0.4) is 0 Å². The highest BCUT2D eigenvalue weighted by Crippen LogP contribution is 2.26. The maximum atomic E-state index is 13.2. The predicted octanol–water partition coefficient (Wildman–Crippen LogP) is 3.66. The minimum absolute atomic E-state index is 0.0334. The normalized spacial score (nSPS) is 17.6. The highest BCUT2D eigenvalue weighted by atomic mass is 19.1. The van der Waals surface area contributed by atoms with Gasteiger partial charge in [-0.15, -0.1) is 0 Å². The molecule has 1 amide bonds. The number of pyridine rings is 1. The number of hydrogen-bond donors (Lipinski definition) is 0. The van der Waals surface area contributed by atoms with Crippen LogP contribution >= 0.6 is 0 Å². The summed E-state index contributed by atoms with van der Waals surface area (Å²) in [5.74, 6) is 0.647. The van der Waals surface area contributed by atoms with Crippen molar-refractivity contribution in [3.05, 3.63) is 59.0 Å². The van der Waals surface area contributed by atoms with Gasteiger partial charge in [-0.1, -0.05) is 26.0 Å². The van der Waals surface area contributed by atoms with E-state index in [1.807, 2.05) is 17.9 Å². The second-order valence-corrected chi connectivity index (χ2v) is 7.59. The molecule has 0 spiro atoms.